The Labute approximate surface area is 544 Å². The first-order chi connectivity index (χ1) is 44.0. The lowest BCUT2D eigenvalue weighted by molar-refractivity contribution is -0.385. The van der Waals surface area contributed by atoms with Crippen molar-refractivity contribution in [3.63, 3.8) is 0 Å². The highest BCUT2D eigenvalue weighted by molar-refractivity contribution is 7.99. The molecule has 3 saturated heterocycles. The molecule has 91 heavy (non-hydrogen) atoms. The molecule has 3 aliphatic rings. The van der Waals surface area contributed by atoms with Crippen molar-refractivity contribution in [2.24, 2.45) is 0 Å². The molecule has 27 heteroatoms. The molecule has 2 aromatic carbocycles. The fourth-order valence-corrected chi connectivity index (χ4v) is 13.4. The number of nitrogens with zero attached hydrogens (tertiary/aromatic N) is 15. The van der Waals surface area contributed by atoms with Crippen molar-refractivity contribution in [1.82, 2.24) is 55.1 Å². The summed E-state index contributed by atoms with van der Waals surface area (Å²) < 4.78 is 15.6. The van der Waals surface area contributed by atoms with Gasteiger partial charge in [-0.15, -0.1) is 23.5 Å². The average molecular weight is 1310 g/mol. The summed E-state index contributed by atoms with van der Waals surface area (Å²) in [4.78, 5) is 85.7. The highest BCUT2D eigenvalue weighted by atomic mass is 35.5. The summed E-state index contributed by atoms with van der Waals surface area (Å²) in [5.74, 6) is 7.65. The molecule has 0 spiro atoms. The van der Waals surface area contributed by atoms with Crippen LogP contribution in [0, 0.1) is 51.7 Å². The van der Waals surface area contributed by atoms with Gasteiger partial charge in [-0.3, -0.25) is 24.5 Å². The lowest BCUT2D eigenvalue weighted by atomic mass is 10.1. The summed E-state index contributed by atoms with van der Waals surface area (Å²) in [5, 5.41) is 24.0. The molecule has 0 N–H and O–H groups in total. The molecule has 3 amide bonds. The highest BCUT2D eigenvalue weighted by Gasteiger charge is 2.29. The van der Waals surface area contributed by atoms with E-state index in [1.54, 1.807) is 48.1 Å². The number of amides is 3. The maximum absolute atomic E-state index is 13.3. The molecule has 0 radical (unpaired) electrons. The van der Waals surface area contributed by atoms with E-state index in [1.807, 2.05) is 146 Å². The highest BCUT2D eigenvalue weighted by Crippen LogP contribution is 2.32. The number of nitro groups is 1. The van der Waals surface area contributed by atoms with Gasteiger partial charge in [-0.1, -0.05) is 63.1 Å². The van der Waals surface area contributed by atoms with Crippen LogP contribution in [0.1, 0.15) is 82.5 Å². The number of pyridine rings is 3. The number of aryl methyl sites for hydroxylation is 6. The SMILES string of the molecule is Cc1cc(CSc2ccccc2C(=O)N2CCN(c3ccc([N+](=O)[O-])cn3)CC2)on1.Cc1cc(CSc2ncccc2C(=O)N2CCN(c3ccc(Cl)cn3)CC2)no1.Cc1cc(N2CCN(C(=O)c3ccccc3SCc3c(C)noc3C)CC2)nc(C)n1. The van der Waals surface area contributed by atoms with E-state index < -0.39 is 4.92 Å². The Balaban J connectivity index is 0.000000150. The molecule has 7 aromatic heterocycles. The molecule has 472 valence electrons. The summed E-state index contributed by atoms with van der Waals surface area (Å²) in [6, 6.07) is 31.7. The van der Waals surface area contributed by atoms with Crippen LogP contribution in [0.15, 0.2) is 150 Å². The fraction of sp³-hybridized carbons (Fsp3) is 0.328. The first-order valence-electron chi connectivity index (χ1n) is 29.5. The minimum absolute atomic E-state index is 0.000601. The molecule has 3 fully saturated rings. The van der Waals surface area contributed by atoms with Crippen LogP contribution in [0.25, 0.3) is 0 Å². The number of hydrogen-bond donors (Lipinski definition) is 0. The summed E-state index contributed by atoms with van der Waals surface area (Å²) in [7, 11) is 0. The number of halogens is 1. The molecule has 23 nitrogen and oxygen atoms in total. The quantitative estimate of drug-likeness (QED) is 0.0495. The van der Waals surface area contributed by atoms with Crippen LogP contribution < -0.4 is 14.7 Å². The van der Waals surface area contributed by atoms with Crippen LogP contribution in [0.2, 0.25) is 5.02 Å². The van der Waals surface area contributed by atoms with E-state index in [-0.39, 0.29) is 23.4 Å². The van der Waals surface area contributed by atoms with Crippen LogP contribution in [0.4, 0.5) is 23.1 Å². The second-order valence-corrected chi connectivity index (χ2v) is 25.0. The van der Waals surface area contributed by atoms with Crippen molar-refractivity contribution in [1.29, 1.82) is 0 Å². The summed E-state index contributed by atoms with van der Waals surface area (Å²) in [6.07, 6.45) is 4.61. The lowest BCUT2D eigenvalue weighted by Gasteiger charge is -2.35. The average Bonchev–Trinajstić information content (AvgIpc) is 2.19. The molecule has 12 rings (SSSR count). The fourth-order valence-electron chi connectivity index (χ4n) is 10.3. The van der Waals surface area contributed by atoms with Gasteiger partial charge in [0.2, 0.25) is 0 Å². The minimum Gasteiger partial charge on any atom is -0.361 e. The topological polar surface area (TPSA) is 256 Å². The van der Waals surface area contributed by atoms with Gasteiger partial charge in [-0.2, -0.15) is 0 Å². The van der Waals surface area contributed by atoms with Gasteiger partial charge in [-0.25, -0.2) is 24.9 Å². The van der Waals surface area contributed by atoms with Gasteiger partial charge >= 0.3 is 0 Å². The predicted molar refractivity (Wildman–Crippen MR) is 350 cm³/mol. The van der Waals surface area contributed by atoms with Gasteiger partial charge in [0, 0.05) is 148 Å². The third-order valence-electron chi connectivity index (χ3n) is 15.1. The molecule has 9 aromatic rings. The first-order valence-corrected chi connectivity index (χ1v) is 32.8. The molecule has 10 heterocycles. The number of thioether (sulfide) groups is 3. The molecule has 3 aliphatic heterocycles. The Morgan fingerprint density at radius 2 is 1.10 bits per heavy atom. The standard InChI is InChI=1S/C23H27N5O2S.C21H21N5O4S.C20H20ClN5O2S/c1-15-13-22(25-18(4)24-15)27-9-11-28(12-10-27)23(29)19-7-5-6-8-21(19)31-14-20-16(2)26-30-17(20)3;1-15-12-17(30-23-15)14-31-19-5-3-2-4-18(19)21(27)25-10-8-24(9-11-25)20-7-6-16(13-22-20)26(28)29;1-14-11-16(24-28-14)13-29-19-17(3-2-6-22-19)20(27)26-9-7-25(8-10-26)18-5-4-15(21)12-23-18/h5-8,13H,9-12,14H2,1-4H3;2-7,12-13H,8-11,14H2,1H3;2-6,11-12H,7-10,13H2,1H3. The van der Waals surface area contributed by atoms with Gasteiger partial charge in [-0.05, 0) is 96.1 Å². The molecule has 0 unspecified atom stereocenters. The molecular weight excluding hydrogens is 1240 g/mol. The third kappa shape index (κ3) is 17.2. The van der Waals surface area contributed by atoms with Crippen molar-refractivity contribution < 1.29 is 32.9 Å². The van der Waals surface area contributed by atoms with Crippen LogP contribution in [0.5, 0.6) is 0 Å². The van der Waals surface area contributed by atoms with E-state index in [4.69, 9.17) is 25.2 Å². The van der Waals surface area contributed by atoms with Crippen LogP contribution in [0.3, 0.4) is 0 Å². The van der Waals surface area contributed by atoms with Crippen molar-refractivity contribution in [3.8, 4) is 0 Å². The number of piperazine rings is 3. The zero-order valence-electron chi connectivity index (χ0n) is 51.2. The predicted octanol–water partition coefficient (Wildman–Crippen LogP) is 11.2. The van der Waals surface area contributed by atoms with Crippen molar-refractivity contribution in [2.45, 2.75) is 73.6 Å². The Morgan fingerprint density at radius 1 is 0.538 bits per heavy atom. The number of anilines is 3. The molecule has 0 saturated carbocycles. The number of carbonyl (C=O) groups is 3. The maximum Gasteiger partial charge on any atom is 0.287 e. The number of carbonyl (C=O) groups excluding carboxylic acids is 3. The Kier molecular flexibility index (Phi) is 22.0. The van der Waals surface area contributed by atoms with Gasteiger partial charge in [0.05, 0.1) is 49.5 Å². The van der Waals surface area contributed by atoms with E-state index >= 15 is 0 Å². The Morgan fingerprint density at radius 3 is 1.60 bits per heavy atom. The van der Waals surface area contributed by atoms with Gasteiger partial charge in [0.1, 0.15) is 51.8 Å². The second kappa shape index (κ2) is 30.8. The van der Waals surface area contributed by atoms with Crippen molar-refractivity contribution in [3.05, 3.63) is 205 Å². The summed E-state index contributed by atoms with van der Waals surface area (Å²) >= 11 is 10.6. The lowest BCUT2D eigenvalue weighted by Crippen LogP contribution is -2.49. The van der Waals surface area contributed by atoms with Crippen LogP contribution in [-0.2, 0) is 17.3 Å². The summed E-state index contributed by atoms with van der Waals surface area (Å²) in [5.41, 5.74) is 6.64. The smallest absolute Gasteiger partial charge is 0.287 e. The summed E-state index contributed by atoms with van der Waals surface area (Å²) in [6.45, 7) is 19.4. The van der Waals surface area contributed by atoms with E-state index in [0.29, 0.717) is 90.9 Å². The van der Waals surface area contributed by atoms with Crippen molar-refractivity contribution in [2.75, 3.05) is 93.2 Å². The second-order valence-electron chi connectivity index (χ2n) is 21.6. The Hall–Kier alpha value is -8.85. The van der Waals surface area contributed by atoms with Gasteiger partial charge in [0.25, 0.3) is 23.4 Å². The van der Waals surface area contributed by atoms with Gasteiger partial charge in [0.15, 0.2) is 0 Å². The zero-order chi connectivity index (χ0) is 64.0. The number of hydrogen-bond acceptors (Lipinski definition) is 22. The third-order valence-corrected chi connectivity index (χ3v) is 18.6. The normalized spacial score (nSPS) is 14.1. The largest absolute Gasteiger partial charge is 0.361 e. The van der Waals surface area contributed by atoms with E-state index in [2.05, 4.69) is 50.2 Å². The Bertz CT molecular complexity index is 3920. The number of rotatable bonds is 16. The van der Waals surface area contributed by atoms with E-state index in [9.17, 15) is 24.5 Å². The molecule has 0 atom stereocenters. The van der Waals surface area contributed by atoms with Crippen molar-refractivity contribution >= 4 is 87.7 Å². The van der Waals surface area contributed by atoms with Crippen LogP contribution in [-0.4, -0.2) is 156 Å². The van der Waals surface area contributed by atoms with E-state index in [0.717, 1.165) is 110 Å². The van der Waals surface area contributed by atoms with Gasteiger partial charge < -0.3 is 43.0 Å². The monoisotopic (exact) mass is 1310 g/mol. The molecular formula is C64H68ClN15O8S3. The zero-order valence-corrected chi connectivity index (χ0v) is 54.4. The maximum atomic E-state index is 13.3. The van der Waals surface area contributed by atoms with Crippen LogP contribution >= 0.6 is 46.9 Å². The minimum atomic E-state index is -0.466. The number of aromatic nitrogens is 8. The molecule has 0 bridgehead atoms. The molecule has 0 aliphatic carbocycles. The van der Waals surface area contributed by atoms with E-state index in [1.165, 1.54) is 24.0 Å². The number of benzene rings is 2. The first kappa shape index (κ1) is 65.1.